The topological polar surface area (TPSA) is 84.4 Å². The maximum Gasteiger partial charge on any atom is 0.257 e. The van der Waals surface area contributed by atoms with Crippen LogP contribution in [0.4, 0.5) is 5.82 Å². The van der Waals surface area contributed by atoms with Gasteiger partial charge in [-0.3, -0.25) is 9.48 Å². The van der Waals surface area contributed by atoms with E-state index in [4.69, 9.17) is 0 Å². The van der Waals surface area contributed by atoms with Gasteiger partial charge in [0.1, 0.15) is 12.1 Å². The Labute approximate surface area is 157 Å². The molecule has 0 aliphatic carbocycles. The standard InChI is InChI=1S/C18H24N8O/c1-12-13(2)22-18-19-11-21-26(18)16(12)25-7-5-15(6-8-25)24(4)17(27)14-9-20-23(3)10-14/h9-11,15H,5-8H2,1-4H3. The molecule has 1 amide bonds. The van der Waals surface area contributed by atoms with Gasteiger partial charge in [-0.1, -0.05) is 0 Å². The molecule has 0 unspecified atom stereocenters. The average Bonchev–Trinajstić information content (AvgIpc) is 3.30. The normalized spacial score (nSPS) is 15.5. The summed E-state index contributed by atoms with van der Waals surface area (Å²) in [4.78, 5) is 25.6. The Bertz CT molecular complexity index is 983. The zero-order chi connectivity index (χ0) is 19.1. The Morgan fingerprint density at radius 3 is 2.63 bits per heavy atom. The van der Waals surface area contributed by atoms with Gasteiger partial charge in [0.15, 0.2) is 0 Å². The summed E-state index contributed by atoms with van der Waals surface area (Å²) >= 11 is 0. The van der Waals surface area contributed by atoms with Crippen molar-refractivity contribution in [3.63, 3.8) is 0 Å². The first-order valence-electron chi connectivity index (χ1n) is 9.13. The van der Waals surface area contributed by atoms with Gasteiger partial charge in [0, 0.05) is 50.7 Å². The number of aromatic nitrogens is 6. The van der Waals surface area contributed by atoms with Gasteiger partial charge in [-0.05, 0) is 26.7 Å². The van der Waals surface area contributed by atoms with E-state index in [1.165, 1.54) is 6.33 Å². The molecule has 4 rings (SSSR count). The zero-order valence-electron chi connectivity index (χ0n) is 16.1. The molecule has 4 heterocycles. The van der Waals surface area contributed by atoms with E-state index in [1.807, 2.05) is 30.4 Å². The molecular weight excluding hydrogens is 344 g/mol. The van der Waals surface area contributed by atoms with Crippen LogP contribution in [0, 0.1) is 13.8 Å². The fourth-order valence-electron chi connectivity index (χ4n) is 3.75. The fourth-order valence-corrected chi connectivity index (χ4v) is 3.75. The molecule has 3 aromatic rings. The minimum atomic E-state index is 0.0242. The minimum absolute atomic E-state index is 0.0242. The Morgan fingerprint density at radius 2 is 1.96 bits per heavy atom. The van der Waals surface area contributed by atoms with E-state index in [0.29, 0.717) is 11.3 Å². The van der Waals surface area contributed by atoms with Crippen LogP contribution in [0.15, 0.2) is 18.7 Å². The molecule has 1 aliphatic heterocycles. The summed E-state index contributed by atoms with van der Waals surface area (Å²) in [6.45, 7) is 5.78. The van der Waals surface area contributed by atoms with E-state index in [2.05, 4.69) is 32.0 Å². The van der Waals surface area contributed by atoms with Crippen LogP contribution in [-0.4, -0.2) is 66.3 Å². The maximum atomic E-state index is 12.7. The summed E-state index contributed by atoms with van der Waals surface area (Å²) in [5, 5.41) is 8.45. The predicted molar refractivity (Wildman–Crippen MR) is 101 cm³/mol. The number of piperidine rings is 1. The third kappa shape index (κ3) is 3.02. The molecule has 0 N–H and O–H groups in total. The second-order valence-electron chi connectivity index (χ2n) is 7.15. The number of amides is 1. The lowest BCUT2D eigenvalue weighted by molar-refractivity contribution is 0.0709. The first-order chi connectivity index (χ1) is 13.0. The first kappa shape index (κ1) is 17.4. The van der Waals surface area contributed by atoms with Crippen molar-refractivity contribution >= 4 is 17.5 Å². The SMILES string of the molecule is Cc1nc2ncnn2c(N2CCC(N(C)C(=O)c3cnn(C)c3)CC2)c1C. The number of carbonyl (C=O) groups is 1. The summed E-state index contributed by atoms with van der Waals surface area (Å²) in [6, 6.07) is 0.212. The highest BCUT2D eigenvalue weighted by Crippen LogP contribution is 2.27. The van der Waals surface area contributed by atoms with Crippen molar-refractivity contribution < 1.29 is 4.79 Å². The van der Waals surface area contributed by atoms with Gasteiger partial charge < -0.3 is 9.80 Å². The number of anilines is 1. The third-order valence-corrected chi connectivity index (χ3v) is 5.46. The van der Waals surface area contributed by atoms with Gasteiger partial charge in [0.05, 0.1) is 11.8 Å². The van der Waals surface area contributed by atoms with Gasteiger partial charge >= 0.3 is 0 Å². The van der Waals surface area contributed by atoms with Crippen LogP contribution < -0.4 is 4.90 Å². The lowest BCUT2D eigenvalue weighted by atomic mass is 10.0. The predicted octanol–water partition coefficient (Wildman–Crippen LogP) is 1.22. The van der Waals surface area contributed by atoms with Crippen molar-refractivity contribution in [2.24, 2.45) is 7.05 Å². The lowest BCUT2D eigenvalue weighted by Gasteiger charge is -2.38. The maximum absolute atomic E-state index is 12.7. The third-order valence-electron chi connectivity index (χ3n) is 5.46. The highest BCUT2D eigenvalue weighted by molar-refractivity contribution is 5.93. The minimum Gasteiger partial charge on any atom is -0.356 e. The number of carbonyl (C=O) groups excluding carboxylic acids is 1. The lowest BCUT2D eigenvalue weighted by Crippen LogP contribution is -2.46. The highest BCUT2D eigenvalue weighted by Gasteiger charge is 2.28. The summed E-state index contributed by atoms with van der Waals surface area (Å²) in [5.41, 5.74) is 2.72. The highest BCUT2D eigenvalue weighted by atomic mass is 16.2. The smallest absolute Gasteiger partial charge is 0.257 e. The number of hydrogen-bond acceptors (Lipinski definition) is 6. The summed E-state index contributed by atoms with van der Waals surface area (Å²) in [7, 11) is 3.70. The van der Waals surface area contributed by atoms with Gasteiger partial charge in [-0.15, -0.1) is 0 Å². The van der Waals surface area contributed by atoms with Crippen molar-refractivity contribution in [2.45, 2.75) is 32.7 Å². The fraction of sp³-hybridized carbons (Fsp3) is 0.500. The number of rotatable bonds is 3. The molecule has 1 saturated heterocycles. The molecule has 0 bridgehead atoms. The Kier molecular flexibility index (Phi) is 4.29. The molecule has 142 valence electrons. The van der Waals surface area contributed by atoms with Crippen LogP contribution in [0.3, 0.4) is 0 Å². The first-order valence-corrected chi connectivity index (χ1v) is 9.13. The monoisotopic (exact) mass is 368 g/mol. The van der Waals surface area contributed by atoms with Crippen molar-refractivity contribution in [1.82, 2.24) is 34.3 Å². The number of aryl methyl sites for hydroxylation is 2. The quantitative estimate of drug-likeness (QED) is 0.691. The van der Waals surface area contributed by atoms with Crippen LogP contribution in [0.25, 0.3) is 5.78 Å². The van der Waals surface area contributed by atoms with Crippen LogP contribution in [0.1, 0.15) is 34.5 Å². The molecule has 1 aliphatic rings. The van der Waals surface area contributed by atoms with Crippen molar-refractivity contribution in [3.8, 4) is 0 Å². The Hall–Kier alpha value is -2.97. The number of nitrogens with zero attached hydrogens (tertiary/aromatic N) is 8. The van der Waals surface area contributed by atoms with Gasteiger partial charge in [0.25, 0.3) is 11.7 Å². The second-order valence-corrected chi connectivity index (χ2v) is 7.15. The van der Waals surface area contributed by atoms with Gasteiger partial charge in [0.2, 0.25) is 0 Å². The molecule has 9 nitrogen and oxygen atoms in total. The summed E-state index contributed by atoms with van der Waals surface area (Å²) in [5.74, 6) is 1.70. The van der Waals surface area contributed by atoms with Gasteiger partial charge in [-0.25, -0.2) is 4.98 Å². The van der Waals surface area contributed by atoms with Crippen LogP contribution >= 0.6 is 0 Å². The molecule has 0 atom stereocenters. The van der Waals surface area contributed by atoms with Crippen molar-refractivity contribution in [3.05, 3.63) is 35.5 Å². The van der Waals surface area contributed by atoms with E-state index in [9.17, 15) is 4.79 Å². The molecule has 27 heavy (non-hydrogen) atoms. The summed E-state index contributed by atoms with van der Waals surface area (Å²) in [6.07, 6.45) is 6.73. The molecule has 0 saturated carbocycles. The van der Waals surface area contributed by atoms with E-state index in [0.717, 1.165) is 43.0 Å². The largest absolute Gasteiger partial charge is 0.356 e. The van der Waals surface area contributed by atoms with Crippen LogP contribution in [0.5, 0.6) is 0 Å². The Balaban J connectivity index is 1.50. The van der Waals surface area contributed by atoms with Crippen LogP contribution in [0.2, 0.25) is 0 Å². The van der Waals surface area contributed by atoms with E-state index < -0.39 is 0 Å². The zero-order valence-corrected chi connectivity index (χ0v) is 16.1. The average molecular weight is 368 g/mol. The second kappa shape index (κ2) is 6.64. The van der Waals surface area contributed by atoms with Crippen molar-refractivity contribution in [1.29, 1.82) is 0 Å². The summed E-state index contributed by atoms with van der Waals surface area (Å²) < 4.78 is 3.47. The molecule has 0 aromatic carbocycles. The molecule has 0 radical (unpaired) electrons. The molecule has 3 aromatic heterocycles. The van der Waals surface area contributed by atoms with E-state index in [1.54, 1.807) is 17.1 Å². The van der Waals surface area contributed by atoms with Crippen LogP contribution in [-0.2, 0) is 7.05 Å². The molecule has 0 spiro atoms. The van der Waals surface area contributed by atoms with E-state index in [-0.39, 0.29) is 11.9 Å². The number of fused-ring (bicyclic) bond motifs is 1. The Morgan fingerprint density at radius 1 is 1.22 bits per heavy atom. The molecular formula is C18H24N8O. The number of hydrogen-bond donors (Lipinski definition) is 0. The van der Waals surface area contributed by atoms with Crippen molar-refractivity contribution in [2.75, 3.05) is 25.0 Å². The molecule has 9 heteroatoms. The van der Waals surface area contributed by atoms with E-state index >= 15 is 0 Å². The van der Waals surface area contributed by atoms with Gasteiger partial charge in [-0.2, -0.15) is 19.7 Å². The molecule has 1 fully saturated rings.